The second-order valence-electron chi connectivity index (χ2n) is 7.43. The predicted molar refractivity (Wildman–Crippen MR) is 111 cm³/mol. The van der Waals surface area contributed by atoms with Gasteiger partial charge in [0.1, 0.15) is 11.6 Å². The zero-order chi connectivity index (χ0) is 21.1. The van der Waals surface area contributed by atoms with Gasteiger partial charge in [-0.2, -0.15) is 0 Å². The fourth-order valence-corrected chi connectivity index (χ4v) is 3.70. The summed E-state index contributed by atoms with van der Waals surface area (Å²) in [5.74, 6) is 1.02. The Morgan fingerprint density at radius 1 is 1.40 bits per heavy atom. The van der Waals surface area contributed by atoms with Gasteiger partial charge in [-0.25, -0.2) is 4.98 Å². The number of hydrogen-bond acceptors (Lipinski definition) is 7. The smallest absolute Gasteiger partial charge is 0.255 e. The van der Waals surface area contributed by atoms with Crippen molar-refractivity contribution in [3.63, 3.8) is 0 Å². The molecule has 9 heteroatoms. The summed E-state index contributed by atoms with van der Waals surface area (Å²) in [5, 5.41) is 3.02. The van der Waals surface area contributed by atoms with Crippen molar-refractivity contribution in [2.75, 3.05) is 44.1 Å². The lowest BCUT2D eigenvalue weighted by Crippen LogP contribution is -2.44. The normalized spacial score (nSPS) is 18.0. The highest BCUT2D eigenvalue weighted by molar-refractivity contribution is 6.04. The number of nitrogens with zero attached hydrogens (tertiary/aromatic N) is 4. The van der Waals surface area contributed by atoms with Crippen LogP contribution in [0, 0.1) is 0 Å². The van der Waals surface area contributed by atoms with Crippen molar-refractivity contribution in [1.29, 1.82) is 0 Å². The van der Waals surface area contributed by atoms with Crippen molar-refractivity contribution in [2.45, 2.75) is 25.5 Å². The zero-order valence-corrected chi connectivity index (χ0v) is 17.1. The van der Waals surface area contributed by atoms with Crippen LogP contribution in [0.4, 0.5) is 11.5 Å². The zero-order valence-electron chi connectivity index (χ0n) is 17.1. The van der Waals surface area contributed by atoms with E-state index in [4.69, 9.17) is 9.47 Å². The first-order valence-electron chi connectivity index (χ1n) is 9.95. The SMILES string of the molecule is COc1ccnc(CN(C)C(=O)c2cnc3c(c2)N(CC2CCCO2)C(=O)CN3)c1. The van der Waals surface area contributed by atoms with Crippen molar-refractivity contribution in [3.05, 3.63) is 41.9 Å². The van der Waals surface area contributed by atoms with Crippen LogP contribution in [-0.4, -0.2) is 66.6 Å². The number of aromatic nitrogens is 2. The molecule has 1 saturated heterocycles. The molecular formula is C21H25N5O4. The van der Waals surface area contributed by atoms with E-state index >= 15 is 0 Å². The summed E-state index contributed by atoms with van der Waals surface area (Å²) in [6.07, 6.45) is 5.12. The van der Waals surface area contributed by atoms with Gasteiger partial charge in [0.15, 0.2) is 0 Å². The van der Waals surface area contributed by atoms with Crippen LogP contribution in [0.3, 0.4) is 0 Å². The number of anilines is 2. The average molecular weight is 411 g/mol. The second kappa shape index (κ2) is 8.66. The van der Waals surface area contributed by atoms with Gasteiger partial charge in [0.25, 0.3) is 5.91 Å². The van der Waals surface area contributed by atoms with Crippen LogP contribution in [-0.2, 0) is 16.1 Å². The van der Waals surface area contributed by atoms with Gasteiger partial charge in [0.05, 0.1) is 49.8 Å². The molecule has 4 heterocycles. The molecule has 0 radical (unpaired) electrons. The highest BCUT2D eigenvalue weighted by Gasteiger charge is 2.30. The Bertz CT molecular complexity index is 945. The summed E-state index contributed by atoms with van der Waals surface area (Å²) in [7, 11) is 3.29. The molecule has 2 aliphatic heterocycles. The van der Waals surface area contributed by atoms with Crippen LogP contribution in [0.15, 0.2) is 30.6 Å². The molecule has 2 aromatic rings. The Hall–Kier alpha value is -3.20. The molecule has 1 N–H and O–H groups in total. The summed E-state index contributed by atoms with van der Waals surface area (Å²) >= 11 is 0. The second-order valence-corrected chi connectivity index (χ2v) is 7.43. The molecule has 30 heavy (non-hydrogen) atoms. The van der Waals surface area contributed by atoms with Crippen LogP contribution in [0.25, 0.3) is 0 Å². The molecule has 1 atom stereocenters. The van der Waals surface area contributed by atoms with Crippen LogP contribution in [0.1, 0.15) is 28.9 Å². The van der Waals surface area contributed by atoms with Crippen LogP contribution < -0.4 is 15.0 Å². The standard InChI is InChI=1S/C21H25N5O4/c1-25(12-15-9-16(29-2)5-6-22-15)21(28)14-8-18-20(23-10-14)24-11-19(27)26(18)13-17-4-3-7-30-17/h5-6,8-10,17H,3-4,7,11-13H2,1-2H3,(H,23,24). The molecule has 158 valence electrons. The van der Waals surface area contributed by atoms with E-state index in [9.17, 15) is 9.59 Å². The first kappa shape index (κ1) is 20.1. The van der Waals surface area contributed by atoms with Crippen molar-refractivity contribution in [1.82, 2.24) is 14.9 Å². The van der Waals surface area contributed by atoms with E-state index in [0.717, 1.165) is 19.4 Å². The molecule has 0 spiro atoms. The largest absolute Gasteiger partial charge is 0.497 e. The van der Waals surface area contributed by atoms with E-state index < -0.39 is 0 Å². The van der Waals surface area contributed by atoms with Gasteiger partial charge in [-0.05, 0) is 25.0 Å². The number of fused-ring (bicyclic) bond motifs is 1. The van der Waals surface area contributed by atoms with Crippen LogP contribution >= 0.6 is 0 Å². The van der Waals surface area contributed by atoms with E-state index in [2.05, 4.69) is 15.3 Å². The Balaban J connectivity index is 1.53. The lowest BCUT2D eigenvalue weighted by atomic mass is 10.1. The van der Waals surface area contributed by atoms with Crippen molar-refractivity contribution < 1.29 is 19.1 Å². The minimum absolute atomic E-state index is 0.0149. The van der Waals surface area contributed by atoms with Gasteiger partial charge in [0.2, 0.25) is 5.91 Å². The average Bonchev–Trinajstić information content (AvgIpc) is 3.28. The molecular weight excluding hydrogens is 386 g/mol. The monoisotopic (exact) mass is 411 g/mol. The van der Waals surface area contributed by atoms with E-state index in [1.54, 1.807) is 48.4 Å². The number of ether oxygens (including phenoxy) is 2. The molecule has 2 aliphatic rings. The van der Waals surface area contributed by atoms with Gasteiger partial charge < -0.3 is 24.6 Å². The van der Waals surface area contributed by atoms with Gasteiger partial charge in [-0.1, -0.05) is 0 Å². The number of rotatable bonds is 6. The highest BCUT2D eigenvalue weighted by Crippen LogP contribution is 2.30. The lowest BCUT2D eigenvalue weighted by Gasteiger charge is -2.31. The summed E-state index contributed by atoms with van der Waals surface area (Å²) in [4.78, 5) is 37.4. The lowest BCUT2D eigenvalue weighted by molar-refractivity contribution is -0.117. The Morgan fingerprint density at radius 3 is 3.03 bits per heavy atom. The third kappa shape index (κ3) is 4.20. The third-order valence-electron chi connectivity index (χ3n) is 5.29. The number of nitrogens with one attached hydrogen (secondary N) is 1. The first-order valence-corrected chi connectivity index (χ1v) is 9.95. The molecule has 0 aliphatic carbocycles. The molecule has 1 unspecified atom stereocenters. The molecule has 0 bridgehead atoms. The van der Waals surface area contributed by atoms with Crippen molar-refractivity contribution in [3.8, 4) is 5.75 Å². The predicted octanol–water partition coefficient (Wildman–Crippen LogP) is 1.69. The Morgan fingerprint density at radius 2 is 2.27 bits per heavy atom. The van der Waals surface area contributed by atoms with Gasteiger partial charge in [-0.3, -0.25) is 14.6 Å². The van der Waals surface area contributed by atoms with Gasteiger partial charge in [-0.15, -0.1) is 0 Å². The molecule has 2 amide bonds. The van der Waals surface area contributed by atoms with E-state index in [-0.39, 0.29) is 24.5 Å². The molecule has 4 rings (SSSR count). The number of hydrogen-bond donors (Lipinski definition) is 1. The number of amides is 2. The minimum Gasteiger partial charge on any atom is -0.497 e. The maximum absolute atomic E-state index is 13.0. The molecule has 1 fully saturated rings. The van der Waals surface area contributed by atoms with E-state index in [0.29, 0.717) is 41.6 Å². The molecule has 9 nitrogen and oxygen atoms in total. The number of pyridine rings is 2. The van der Waals surface area contributed by atoms with E-state index in [1.165, 1.54) is 6.20 Å². The fourth-order valence-electron chi connectivity index (χ4n) is 3.70. The first-order chi connectivity index (χ1) is 14.5. The highest BCUT2D eigenvalue weighted by atomic mass is 16.5. The van der Waals surface area contributed by atoms with Gasteiger partial charge >= 0.3 is 0 Å². The molecule has 2 aromatic heterocycles. The summed E-state index contributed by atoms with van der Waals surface area (Å²) in [6, 6.07) is 5.27. The van der Waals surface area contributed by atoms with E-state index in [1.807, 2.05) is 0 Å². The van der Waals surface area contributed by atoms with Crippen LogP contribution in [0.2, 0.25) is 0 Å². The fraction of sp³-hybridized carbons (Fsp3) is 0.429. The minimum atomic E-state index is -0.204. The third-order valence-corrected chi connectivity index (χ3v) is 5.29. The number of methoxy groups -OCH3 is 1. The maximum Gasteiger partial charge on any atom is 0.255 e. The molecule has 0 saturated carbocycles. The number of carbonyl (C=O) groups excluding carboxylic acids is 2. The summed E-state index contributed by atoms with van der Waals surface area (Å²) in [5.41, 5.74) is 1.74. The van der Waals surface area contributed by atoms with Crippen LogP contribution in [0.5, 0.6) is 5.75 Å². The Labute approximate surface area is 175 Å². The Kier molecular flexibility index (Phi) is 5.80. The summed E-state index contributed by atoms with van der Waals surface area (Å²) < 4.78 is 10.9. The molecule has 0 aromatic carbocycles. The maximum atomic E-state index is 13.0. The topological polar surface area (TPSA) is 96.9 Å². The summed E-state index contributed by atoms with van der Waals surface area (Å²) in [6.45, 7) is 1.69. The van der Waals surface area contributed by atoms with Gasteiger partial charge in [0, 0.05) is 32.1 Å². The number of carbonyl (C=O) groups is 2. The quantitative estimate of drug-likeness (QED) is 0.773. The van der Waals surface area contributed by atoms with Crippen molar-refractivity contribution >= 4 is 23.3 Å². The van der Waals surface area contributed by atoms with Crippen molar-refractivity contribution in [2.24, 2.45) is 0 Å².